The lowest BCUT2D eigenvalue weighted by Gasteiger charge is -2.42. The Balaban J connectivity index is 1.49. The second kappa shape index (κ2) is 7.97. The van der Waals surface area contributed by atoms with Crippen molar-refractivity contribution in [1.82, 2.24) is 10.3 Å². The average molecular weight is 330 g/mol. The minimum Gasteiger partial charge on any atom is -0.384 e. The molecule has 0 spiro atoms. The van der Waals surface area contributed by atoms with Crippen LogP contribution < -0.4 is 16.8 Å². The van der Waals surface area contributed by atoms with Crippen LogP contribution in [0.2, 0.25) is 0 Å². The van der Waals surface area contributed by atoms with Crippen LogP contribution in [0.5, 0.6) is 0 Å². The number of nitrogens with zero attached hydrogens (tertiary/aromatic N) is 1. The number of carbonyl (C=O) groups excluding carboxylic acids is 1. The Labute approximate surface area is 144 Å². The highest BCUT2D eigenvalue weighted by atomic mass is 16.2. The lowest BCUT2D eigenvalue weighted by Crippen LogP contribution is -2.43. The number of fused-ring (bicyclic) bond motifs is 1. The molecule has 2 aliphatic carbocycles. The van der Waals surface area contributed by atoms with Gasteiger partial charge in [0.1, 0.15) is 5.82 Å². The summed E-state index contributed by atoms with van der Waals surface area (Å²) in [7, 11) is 0. The van der Waals surface area contributed by atoms with Crippen LogP contribution in [0.25, 0.3) is 0 Å². The molecular formula is C19H30N4O. The van der Waals surface area contributed by atoms with Gasteiger partial charge in [-0.25, -0.2) is 4.98 Å². The van der Waals surface area contributed by atoms with Gasteiger partial charge in [-0.3, -0.25) is 4.79 Å². The molecule has 1 heterocycles. The van der Waals surface area contributed by atoms with E-state index in [2.05, 4.69) is 10.3 Å². The zero-order valence-electron chi connectivity index (χ0n) is 14.4. The molecule has 2 saturated carbocycles. The van der Waals surface area contributed by atoms with Gasteiger partial charge in [-0.2, -0.15) is 0 Å². The number of anilines is 1. The first-order valence-corrected chi connectivity index (χ1v) is 9.37. The standard InChI is InChI=1S/C19H30N4O/c20-17(19(24)23-12-13-8-9-18(21)22-11-13)10-15-6-3-5-14-4-1-2-7-16(14)15/h8-9,11,14-17H,1-7,10,12,20H2,(H2,21,22)(H,23,24)/t14?,15?,16?,17-/m0/s1. The van der Waals surface area contributed by atoms with Crippen molar-refractivity contribution in [3.63, 3.8) is 0 Å². The van der Waals surface area contributed by atoms with Crippen LogP contribution in [0.3, 0.4) is 0 Å². The molecule has 5 heteroatoms. The summed E-state index contributed by atoms with van der Waals surface area (Å²) in [6.07, 6.45) is 11.9. The molecule has 4 atom stereocenters. The SMILES string of the molecule is Nc1ccc(CNC(=O)[C@@H](N)CC2CCCC3CCCCC32)cn1. The van der Waals surface area contributed by atoms with E-state index in [0.717, 1.165) is 23.8 Å². The second-order valence-electron chi connectivity index (χ2n) is 7.55. The number of hydrogen-bond acceptors (Lipinski definition) is 4. The summed E-state index contributed by atoms with van der Waals surface area (Å²) in [6.45, 7) is 0.455. The molecule has 1 aromatic rings. The van der Waals surface area contributed by atoms with Gasteiger partial charge in [0.2, 0.25) is 5.91 Å². The number of nitrogen functional groups attached to an aromatic ring is 1. The van der Waals surface area contributed by atoms with E-state index in [-0.39, 0.29) is 5.91 Å². The molecule has 1 amide bonds. The molecule has 0 aliphatic heterocycles. The Morgan fingerprint density at radius 2 is 2.00 bits per heavy atom. The number of nitrogens with two attached hydrogens (primary N) is 2. The zero-order valence-corrected chi connectivity index (χ0v) is 14.4. The third kappa shape index (κ3) is 4.26. The fourth-order valence-corrected chi connectivity index (χ4v) is 4.66. The number of hydrogen-bond donors (Lipinski definition) is 3. The Hall–Kier alpha value is -1.62. The van der Waals surface area contributed by atoms with Crippen LogP contribution in [0, 0.1) is 17.8 Å². The summed E-state index contributed by atoms with van der Waals surface area (Å²) in [5, 5.41) is 2.94. The highest BCUT2D eigenvalue weighted by Crippen LogP contribution is 2.45. The van der Waals surface area contributed by atoms with Crippen LogP contribution in [0.15, 0.2) is 18.3 Å². The zero-order chi connectivity index (χ0) is 16.9. The monoisotopic (exact) mass is 330 g/mol. The van der Waals surface area contributed by atoms with E-state index in [1.165, 1.54) is 44.9 Å². The van der Waals surface area contributed by atoms with Gasteiger partial charge in [-0.1, -0.05) is 44.6 Å². The largest absolute Gasteiger partial charge is 0.384 e. The summed E-state index contributed by atoms with van der Waals surface area (Å²) in [4.78, 5) is 16.4. The van der Waals surface area contributed by atoms with Gasteiger partial charge in [0.15, 0.2) is 0 Å². The van der Waals surface area contributed by atoms with Crippen LogP contribution in [0.4, 0.5) is 5.82 Å². The van der Waals surface area contributed by atoms with Crippen molar-refractivity contribution in [2.24, 2.45) is 23.5 Å². The molecule has 0 saturated heterocycles. The molecular weight excluding hydrogens is 300 g/mol. The lowest BCUT2D eigenvalue weighted by molar-refractivity contribution is -0.123. The van der Waals surface area contributed by atoms with Crippen molar-refractivity contribution in [3.05, 3.63) is 23.9 Å². The number of carbonyl (C=O) groups is 1. The van der Waals surface area contributed by atoms with Crippen LogP contribution in [-0.2, 0) is 11.3 Å². The van der Waals surface area contributed by atoms with Crippen molar-refractivity contribution in [2.75, 3.05) is 5.73 Å². The maximum Gasteiger partial charge on any atom is 0.237 e. The van der Waals surface area contributed by atoms with E-state index in [1.54, 1.807) is 12.3 Å². The third-order valence-electron chi connectivity index (χ3n) is 5.93. The first kappa shape index (κ1) is 17.2. The average Bonchev–Trinajstić information content (AvgIpc) is 2.61. The smallest absolute Gasteiger partial charge is 0.237 e. The van der Waals surface area contributed by atoms with Crippen molar-refractivity contribution in [1.29, 1.82) is 0 Å². The molecule has 3 unspecified atom stereocenters. The first-order chi connectivity index (χ1) is 11.6. The molecule has 0 bridgehead atoms. The first-order valence-electron chi connectivity index (χ1n) is 9.37. The minimum atomic E-state index is -0.405. The third-order valence-corrected chi connectivity index (χ3v) is 5.93. The van der Waals surface area contributed by atoms with Gasteiger partial charge in [-0.15, -0.1) is 0 Å². The maximum atomic E-state index is 12.3. The maximum absolute atomic E-state index is 12.3. The molecule has 24 heavy (non-hydrogen) atoms. The lowest BCUT2D eigenvalue weighted by atomic mass is 9.64. The predicted octanol–water partition coefficient (Wildman–Crippen LogP) is 2.60. The van der Waals surface area contributed by atoms with E-state index in [9.17, 15) is 4.79 Å². The van der Waals surface area contributed by atoms with Crippen LogP contribution >= 0.6 is 0 Å². The highest BCUT2D eigenvalue weighted by molar-refractivity contribution is 5.81. The number of pyridine rings is 1. The molecule has 0 radical (unpaired) electrons. The van der Waals surface area contributed by atoms with E-state index in [4.69, 9.17) is 11.5 Å². The van der Waals surface area contributed by atoms with Crippen molar-refractivity contribution < 1.29 is 4.79 Å². The molecule has 5 nitrogen and oxygen atoms in total. The van der Waals surface area contributed by atoms with E-state index >= 15 is 0 Å². The Morgan fingerprint density at radius 1 is 1.21 bits per heavy atom. The molecule has 132 valence electrons. The number of aromatic nitrogens is 1. The second-order valence-corrected chi connectivity index (χ2v) is 7.55. The number of amides is 1. The van der Waals surface area contributed by atoms with Crippen molar-refractivity contribution in [2.45, 2.75) is 64.0 Å². The highest BCUT2D eigenvalue weighted by Gasteiger charge is 2.36. The van der Waals surface area contributed by atoms with Gasteiger partial charge in [-0.05, 0) is 42.2 Å². The topological polar surface area (TPSA) is 94.0 Å². The molecule has 0 aromatic carbocycles. The molecule has 3 rings (SSSR count). The molecule has 2 aliphatic rings. The molecule has 5 N–H and O–H groups in total. The van der Waals surface area contributed by atoms with E-state index in [0.29, 0.717) is 18.3 Å². The van der Waals surface area contributed by atoms with Gasteiger partial charge < -0.3 is 16.8 Å². The summed E-state index contributed by atoms with van der Waals surface area (Å²) in [5.41, 5.74) is 12.7. The molecule has 1 aromatic heterocycles. The van der Waals surface area contributed by atoms with Gasteiger partial charge in [0, 0.05) is 12.7 Å². The number of nitrogens with one attached hydrogen (secondary N) is 1. The van der Waals surface area contributed by atoms with Crippen LogP contribution in [0.1, 0.15) is 56.9 Å². The van der Waals surface area contributed by atoms with E-state index in [1.807, 2.05) is 6.07 Å². The summed E-state index contributed by atoms with van der Waals surface area (Å²) < 4.78 is 0. The summed E-state index contributed by atoms with van der Waals surface area (Å²) >= 11 is 0. The Bertz CT molecular complexity index is 543. The van der Waals surface area contributed by atoms with Gasteiger partial charge in [0.25, 0.3) is 0 Å². The Morgan fingerprint density at radius 3 is 2.79 bits per heavy atom. The quantitative estimate of drug-likeness (QED) is 0.773. The summed E-state index contributed by atoms with van der Waals surface area (Å²) in [6, 6.07) is 3.21. The number of rotatable bonds is 5. The van der Waals surface area contributed by atoms with Crippen molar-refractivity contribution in [3.8, 4) is 0 Å². The van der Waals surface area contributed by atoms with Crippen LogP contribution in [-0.4, -0.2) is 16.9 Å². The fraction of sp³-hybridized carbons (Fsp3) is 0.684. The normalized spacial score (nSPS) is 28.0. The Kier molecular flexibility index (Phi) is 5.72. The van der Waals surface area contributed by atoms with Gasteiger partial charge >= 0.3 is 0 Å². The fourth-order valence-electron chi connectivity index (χ4n) is 4.66. The molecule has 2 fully saturated rings. The minimum absolute atomic E-state index is 0.0512. The summed E-state index contributed by atoms with van der Waals surface area (Å²) in [5.74, 6) is 2.75. The van der Waals surface area contributed by atoms with E-state index < -0.39 is 6.04 Å². The van der Waals surface area contributed by atoms with Crippen molar-refractivity contribution >= 4 is 11.7 Å². The predicted molar refractivity (Wildman–Crippen MR) is 95.9 cm³/mol. The van der Waals surface area contributed by atoms with Gasteiger partial charge in [0.05, 0.1) is 6.04 Å².